The molecule has 1 heterocycles. The maximum absolute atomic E-state index is 12.5. The topological polar surface area (TPSA) is 57.7 Å². The van der Waals surface area contributed by atoms with Crippen molar-refractivity contribution < 1.29 is 13.2 Å². The molecule has 0 N–H and O–H groups in total. The van der Waals surface area contributed by atoms with Crippen molar-refractivity contribution >= 4 is 15.9 Å². The Labute approximate surface area is 128 Å². The minimum Gasteiger partial charge on any atom is -0.341 e. The first-order valence-corrected chi connectivity index (χ1v) is 9.92. The Hall–Kier alpha value is -0.620. The second kappa shape index (κ2) is 7.58. The van der Waals surface area contributed by atoms with Crippen LogP contribution in [-0.2, 0) is 14.8 Å². The van der Waals surface area contributed by atoms with Crippen molar-refractivity contribution in [2.24, 2.45) is 5.92 Å². The van der Waals surface area contributed by atoms with Crippen LogP contribution >= 0.6 is 0 Å². The molecule has 0 radical (unpaired) electrons. The molecule has 5 nitrogen and oxygen atoms in total. The molecular weight excluding hydrogens is 288 g/mol. The number of carbonyl (C=O) groups is 1. The van der Waals surface area contributed by atoms with Crippen LogP contribution in [0, 0.1) is 5.92 Å². The fourth-order valence-corrected chi connectivity index (χ4v) is 4.93. The van der Waals surface area contributed by atoms with E-state index in [0.717, 1.165) is 32.1 Å². The van der Waals surface area contributed by atoms with Crippen LogP contribution < -0.4 is 0 Å². The lowest BCUT2D eigenvalue weighted by Gasteiger charge is -2.28. The number of hydrogen-bond acceptors (Lipinski definition) is 3. The van der Waals surface area contributed by atoms with E-state index in [-0.39, 0.29) is 17.6 Å². The molecule has 1 saturated carbocycles. The number of rotatable bonds is 4. The summed E-state index contributed by atoms with van der Waals surface area (Å²) >= 11 is 0. The fourth-order valence-electron chi connectivity index (χ4n) is 3.39. The normalized spacial score (nSPS) is 23.0. The molecule has 0 aromatic heterocycles. The smallest absolute Gasteiger partial charge is 0.225 e. The molecule has 0 atom stereocenters. The summed E-state index contributed by atoms with van der Waals surface area (Å²) in [4.78, 5) is 14.4. The van der Waals surface area contributed by atoms with Gasteiger partial charge in [0.1, 0.15) is 0 Å². The van der Waals surface area contributed by atoms with E-state index in [1.54, 1.807) is 4.31 Å². The number of hydrogen-bond donors (Lipinski definition) is 0. The fraction of sp³-hybridized carbons (Fsp3) is 0.933. The Bertz CT molecular complexity index is 444. The van der Waals surface area contributed by atoms with Crippen LogP contribution in [0.2, 0.25) is 0 Å². The summed E-state index contributed by atoms with van der Waals surface area (Å²) in [7, 11) is -3.14. The lowest BCUT2D eigenvalue weighted by atomic mass is 9.88. The van der Waals surface area contributed by atoms with Gasteiger partial charge >= 0.3 is 0 Å². The SMILES string of the molecule is CCCS(=O)(=O)N1CCCN(C(=O)C2CCCCC2)CC1. The van der Waals surface area contributed by atoms with Gasteiger partial charge in [-0.25, -0.2) is 12.7 Å². The zero-order valence-corrected chi connectivity index (χ0v) is 13.9. The minimum atomic E-state index is -3.14. The Morgan fingerprint density at radius 3 is 2.38 bits per heavy atom. The highest BCUT2D eigenvalue weighted by Gasteiger charge is 2.29. The van der Waals surface area contributed by atoms with E-state index in [1.165, 1.54) is 6.42 Å². The molecule has 0 unspecified atom stereocenters. The van der Waals surface area contributed by atoms with Gasteiger partial charge < -0.3 is 4.90 Å². The Kier molecular flexibility index (Phi) is 6.05. The lowest BCUT2D eigenvalue weighted by Crippen LogP contribution is -2.40. The molecule has 0 bridgehead atoms. The van der Waals surface area contributed by atoms with E-state index in [0.29, 0.717) is 32.6 Å². The highest BCUT2D eigenvalue weighted by Crippen LogP contribution is 2.26. The second-order valence-corrected chi connectivity index (χ2v) is 8.32. The largest absolute Gasteiger partial charge is 0.341 e. The molecule has 1 aliphatic heterocycles. The molecular formula is C15H28N2O3S. The molecule has 2 rings (SSSR count). The van der Waals surface area contributed by atoms with E-state index in [2.05, 4.69) is 0 Å². The number of nitrogens with zero attached hydrogens (tertiary/aromatic N) is 2. The molecule has 122 valence electrons. The highest BCUT2D eigenvalue weighted by molar-refractivity contribution is 7.89. The molecule has 2 aliphatic rings. The third kappa shape index (κ3) is 4.42. The third-order valence-corrected chi connectivity index (χ3v) is 6.65. The predicted molar refractivity (Wildman–Crippen MR) is 83.4 cm³/mol. The van der Waals surface area contributed by atoms with Crippen molar-refractivity contribution in [3.8, 4) is 0 Å². The summed E-state index contributed by atoms with van der Waals surface area (Å²) in [5.41, 5.74) is 0. The van der Waals surface area contributed by atoms with Gasteiger partial charge in [-0.1, -0.05) is 26.2 Å². The second-order valence-electron chi connectivity index (χ2n) is 6.23. The maximum atomic E-state index is 12.5. The molecule has 0 aromatic rings. The van der Waals surface area contributed by atoms with Gasteiger partial charge in [-0.05, 0) is 25.7 Å². The van der Waals surface area contributed by atoms with E-state index >= 15 is 0 Å². The molecule has 1 saturated heterocycles. The minimum absolute atomic E-state index is 0.178. The van der Waals surface area contributed by atoms with Crippen molar-refractivity contribution in [3.05, 3.63) is 0 Å². The Morgan fingerprint density at radius 1 is 1.00 bits per heavy atom. The predicted octanol–water partition coefficient (Wildman–Crippen LogP) is 1.84. The van der Waals surface area contributed by atoms with Gasteiger partial charge in [-0.15, -0.1) is 0 Å². The van der Waals surface area contributed by atoms with Gasteiger partial charge in [0, 0.05) is 32.1 Å². The van der Waals surface area contributed by atoms with Gasteiger partial charge in [0.05, 0.1) is 5.75 Å². The number of carbonyl (C=O) groups excluding carboxylic acids is 1. The first kappa shape index (κ1) is 16.7. The molecule has 21 heavy (non-hydrogen) atoms. The quantitative estimate of drug-likeness (QED) is 0.795. The van der Waals surface area contributed by atoms with E-state index in [4.69, 9.17) is 0 Å². The van der Waals surface area contributed by atoms with Crippen LogP contribution in [0.15, 0.2) is 0 Å². The van der Waals surface area contributed by atoms with Gasteiger partial charge in [0.25, 0.3) is 0 Å². The molecule has 0 spiro atoms. The van der Waals surface area contributed by atoms with Crippen molar-refractivity contribution in [3.63, 3.8) is 0 Å². The monoisotopic (exact) mass is 316 g/mol. The third-order valence-electron chi connectivity index (χ3n) is 4.58. The zero-order chi connectivity index (χ0) is 15.3. The average molecular weight is 316 g/mol. The summed E-state index contributed by atoms with van der Waals surface area (Å²) in [6.45, 7) is 4.15. The maximum Gasteiger partial charge on any atom is 0.225 e. The first-order chi connectivity index (χ1) is 10.0. The van der Waals surface area contributed by atoms with Crippen molar-refractivity contribution in [2.45, 2.75) is 51.9 Å². The van der Waals surface area contributed by atoms with Crippen LogP contribution in [0.3, 0.4) is 0 Å². The van der Waals surface area contributed by atoms with Crippen molar-refractivity contribution in [1.29, 1.82) is 0 Å². The van der Waals surface area contributed by atoms with E-state index in [9.17, 15) is 13.2 Å². The summed E-state index contributed by atoms with van der Waals surface area (Å²) in [6, 6.07) is 0. The van der Waals surface area contributed by atoms with Gasteiger partial charge in [-0.2, -0.15) is 0 Å². The zero-order valence-electron chi connectivity index (χ0n) is 13.1. The standard InChI is InChI=1S/C15H28N2O3S/c1-2-13-21(19,20)17-10-6-9-16(11-12-17)15(18)14-7-4-3-5-8-14/h14H,2-13H2,1H3. The summed E-state index contributed by atoms with van der Waals surface area (Å²) in [5.74, 6) is 0.644. The Balaban J connectivity index is 1.92. The first-order valence-electron chi connectivity index (χ1n) is 8.31. The number of amides is 1. The van der Waals surface area contributed by atoms with Crippen LogP contribution in [0.4, 0.5) is 0 Å². The number of sulfonamides is 1. The Morgan fingerprint density at radius 2 is 1.71 bits per heavy atom. The summed E-state index contributed by atoms with van der Waals surface area (Å²) < 4.78 is 25.9. The molecule has 6 heteroatoms. The molecule has 2 fully saturated rings. The van der Waals surface area contributed by atoms with Gasteiger partial charge in [-0.3, -0.25) is 4.79 Å². The van der Waals surface area contributed by atoms with Crippen LogP contribution in [0.5, 0.6) is 0 Å². The summed E-state index contributed by atoms with van der Waals surface area (Å²) in [5, 5.41) is 0. The van der Waals surface area contributed by atoms with Crippen molar-refractivity contribution in [2.75, 3.05) is 31.9 Å². The van der Waals surface area contributed by atoms with Gasteiger partial charge in [0.15, 0.2) is 0 Å². The van der Waals surface area contributed by atoms with Crippen LogP contribution in [0.25, 0.3) is 0 Å². The van der Waals surface area contributed by atoms with Gasteiger partial charge in [0.2, 0.25) is 15.9 Å². The van der Waals surface area contributed by atoms with Crippen LogP contribution in [0.1, 0.15) is 51.9 Å². The van der Waals surface area contributed by atoms with Crippen molar-refractivity contribution in [1.82, 2.24) is 9.21 Å². The summed E-state index contributed by atoms with van der Waals surface area (Å²) in [6.07, 6.45) is 6.96. The highest BCUT2D eigenvalue weighted by atomic mass is 32.2. The van der Waals surface area contributed by atoms with Crippen LogP contribution in [-0.4, -0.2) is 55.5 Å². The van der Waals surface area contributed by atoms with E-state index < -0.39 is 10.0 Å². The molecule has 1 aliphatic carbocycles. The molecule has 0 aromatic carbocycles. The molecule has 1 amide bonds. The lowest BCUT2D eigenvalue weighted by molar-refractivity contribution is -0.136. The van der Waals surface area contributed by atoms with E-state index in [1.807, 2.05) is 11.8 Å². The average Bonchev–Trinajstić information content (AvgIpc) is 2.74.